The SMILES string of the molecule is CCC1(c2ccccc2)NC(=O)N(NC(=O)c2cnc3onc(C(C)C)c3c2)C1=O. The highest BCUT2D eigenvalue weighted by Gasteiger charge is 2.52. The molecule has 2 aromatic heterocycles. The van der Waals surface area contributed by atoms with E-state index in [-0.39, 0.29) is 11.5 Å². The van der Waals surface area contributed by atoms with Crippen LogP contribution in [0.3, 0.4) is 0 Å². The number of pyridine rings is 1. The summed E-state index contributed by atoms with van der Waals surface area (Å²) < 4.78 is 5.18. The van der Waals surface area contributed by atoms with Gasteiger partial charge in [-0.3, -0.25) is 15.0 Å². The summed E-state index contributed by atoms with van der Waals surface area (Å²) in [5.41, 5.74) is 3.00. The molecule has 0 aliphatic carbocycles. The maximum absolute atomic E-state index is 13.1. The van der Waals surface area contributed by atoms with Crippen molar-refractivity contribution in [1.29, 1.82) is 0 Å². The number of carbonyl (C=O) groups excluding carboxylic acids is 3. The van der Waals surface area contributed by atoms with Crippen molar-refractivity contribution in [3.8, 4) is 0 Å². The van der Waals surface area contributed by atoms with Gasteiger partial charge < -0.3 is 9.84 Å². The summed E-state index contributed by atoms with van der Waals surface area (Å²) in [7, 11) is 0. The molecule has 4 amide bonds. The number of fused-ring (bicyclic) bond motifs is 1. The summed E-state index contributed by atoms with van der Waals surface area (Å²) in [5.74, 6) is -1.10. The number of imide groups is 1. The maximum Gasteiger partial charge on any atom is 0.344 e. The number of aromatic nitrogens is 2. The summed E-state index contributed by atoms with van der Waals surface area (Å²) >= 11 is 0. The molecule has 3 heterocycles. The molecule has 0 saturated carbocycles. The van der Waals surface area contributed by atoms with E-state index < -0.39 is 23.4 Å². The summed E-state index contributed by atoms with van der Waals surface area (Å²) in [6.45, 7) is 5.70. The van der Waals surface area contributed by atoms with Gasteiger partial charge >= 0.3 is 6.03 Å². The Bertz CT molecular complexity index is 1140. The van der Waals surface area contributed by atoms with Crippen molar-refractivity contribution in [3.63, 3.8) is 0 Å². The van der Waals surface area contributed by atoms with Gasteiger partial charge in [0.15, 0.2) is 0 Å². The van der Waals surface area contributed by atoms with E-state index in [4.69, 9.17) is 4.52 Å². The van der Waals surface area contributed by atoms with Crippen molar-refractivity contribution in [2.75, 3.05) is 0 Å². The Labute approximate surface area is 172 Å². The highest BCUT2D eigenvalue weighted by Crippen LogP contribution is 2.31. The van der Waals surface area contributed by atoms with E-state index in [0.29, 0.717) is 28.8 Å². The average Bonchev–Trinajstić information content (AvgIpc) is 3.28. The smallest absolute Gasteiger partial charge is 0.336 e. The molecule has 9 nitrogen and oxygen atoms in total. The molecule has 1 aliphatic heterocycles. The highest BCUT2D eigenvalue weighted by atomic mass is 16.5. The number of hydrogen-bond donors (Lipinski definition) is 2. The number of carbonyl (C=O) groups is 3. The topological polar surface area (TPSA) is 117 Å². The third-order valence-corrected chi connectivity index (χ3v) is 5.27. The Hall–Kier alpha value is -3.75. The zero-order chi connectivity index (χ0) is 21.5. The van der Waals surface area contributed by atoms with Crippen molar-refractivity contribution in [3.05, 3.63) is 59.4 Å². The largest absolute Gasteiger partial charge is 0.344 e. The van der Waals surface area contributed by atoms with Crippen LogP contribution < -0.4 is 10.7 Å². The number of nitrogens with zero attached hydrogens (tertiary/aromatic N) is 3. The zero-order valence-corrected chi connectivity index (χ0v) is 16.8. The summed E-state index contributed by atoms with van der Waals surface area (Å²) in [6, 6.07) is 9.84. The molecule has 9 heteroatoms. The molecule has 30 heavy (non-hydrogen) atoms. The third kappa shape index (κ3) is 2.99. The number of amides is 4. The van der Waals surface area contributed by atoms with Gasteiger partial charge in [0.05, 0.1) is 16.6 Å². The van der Waals surface area contributed by atoms with Crippen molar-refractivity contribution < 1.29 is 18.9 Å². The van der Waals surface area contributed by atoms with Gasteiger partial charge in [-0.1, -0.05) is 56.3 Å². The van der Waals surface area contributed by atoms with Crippen molar-refractivity contribution in [1.82, 2.24) is 25.9 Å². The van der Waals surface area contributed by atoms with Gasteiger partial charge in [-0.25, -0.2) is 9.78 Å². The van der Waals surface area contributed by atoms with E-state index >= 15 is 0 Å². The van der Waals surface area contributed by atoms with Gasteiger partial charge in [-0.15, -0.1) is 0 Å². The Morgan fingerprint density at radius 1 is 1.27 bits per heavy atom. The van der Waals surface area contributed by atoms with Crippen LogP contribution in [-0.4, -0.2) is 33.0 Å². The van der Waals surface area contributed by atoms with E-state index in [1.54, 1.807) is 37.3 Å². The summed E-state index contributed by atoms with van der Waals surface area (Å²) in [5, 5.41) is 8.05. The lowest BCUT2D eigenvalue weighted by Gasteiger charge is -2.25. The fourth-order valence-electron chi connectivity index (χ4n) is 3.60. The van der Waals surface area contributed by atoms with Gasteiger partial charge in [0.2, 0.25) is 0 Å². The summed E-state index contributed by atoms with van der Waals surface area (Å²) in [4.78, 5) is 42.6. The number of urea groups is 1. The van der Waals surface area contributed by atoms with Crippen LogP contribution in [0.5, 0.6) is 0 Å². The second-order valence-corrected chi connectivity index (χ2v) is 7.44. The molecule has 3 aromatic rings. The van der Waals surface area contributed by atoms with Crippen molar-refractivity contribution >= 4 is 28.9 Å². The first-order valence-electron chi connectivity index (χ1n) is 9.66. The Morgan fingerprint density at radius 3 is 2.67 bits per heavy atom. The van der Waals surface area contributed by atoms with Crippen LogP contribution in [0.4, 0.5) is 4.79 Å². The molecule has 1 unspecified atom stereocenters. The van der Waals surface area contributed by atoms with Gasteiger partial charge in [0, 0.05) is 6.20 Å². The predicted octanol–water partition coefficient (Wildman–Crippen LogP) is 2.85. The first-order valence-corrected chi connectivity index (χ1v) is 9.66. The van der Waals surface area contributed by atoms with Gasteiger partial charge in [-0.05, 0) is 24.0 Å². The average molecular weight is 407 g/mol. The van der Waals surface area contributed by atoms with Gasteiger partial charge in [0.1, 0.15) is 5.54 Å². The second kappa shape index (κ2) is 7.25. The molecule has 1 atom stereocenters. The van der Waals surface area contributed by atoms with Crippen molar-refractivity contribution in [2.24, 2.45) is 0 Å². The molecular formula is C21H21N5O4. The van der Waals surface area contributed by atoms with E-state index in [2.05, 4.69) is 20.9 Å². The van der Waals surface area contributed by atoms with Crippen LogP contribution in [0.15, 0.2) is 47.1 Å². The Balaban J connectivity index is 1.62. The molecule has 1 aromatic carbocycles. The first-order chi connectivity index (χ1) is 14.4. The predicted molar refractivity (Wildman–Crippen MR) is 107 cm³/mol. The first kappa shape index (κ1) is 19.6. The lowest BCUT2D eigenvalue weighted by Crippen LogP contribution is -2.48. The molecule has 154 valence electrons. The zero-order valence-electron chi connectivity index (χ0n) is 16.8. The van der Waals surface area contributed by atoms with Gasteiger partial charge in [-0.2, -0.15) is 5.01 Å². The molecule has 1 saturated heterocycles. The molecule has 4 rings (SSSR count). The monoisotopic (exact) mass is 407 g/mol. The third-order valence-electron chi connectivity index (χ3n) is 5.27. The molecule has 0 radical (unpaired) electrons. The standard InChI is InChI=1S/C21H21N5O4/c1-4-21(14-8-6-5-7-9-14)19(28)26(20(29)23-21)24-17(27)13-10-15-16(12(2)3)25-30-18(15)22-11-13/h5-12H,4H2,1-3H3,(H,23,29)(H,24,27). The minimum absolute atomic E-state index is 0.0772. The number of hydrazine groups is 1. The Morgan fingerprint density at radius 2 is 2.00 bits per heavy atom. The quantitative estimate of drug-likeness (QED) is 0.628. The fourth-order valence-corrected chi connectivity index (χ4v) is 3.60. The second-order valence-electron chi connectivity index (χ2n) is 7.44. The van der Waals surface area contributed by atoms with Crippen LogP contribution in [0, 0.1) is 0 Å². The van der Waals surface area contributed by atoms with Crippen LogP contribution in [0.2, 0.25) is 0 Å². The van der Waals surface area contributed by atoms with Crippen LogP contribution in [0.1, 0.15) is 54.7 Å². The van der Waals surface area contributed by atoms with E-state index in [0.717, 1.165) is 5.01 Å². The highest BCUT2D eigenvalue weighted by molar-refractivity contribution is 6.09. The lowest BCUT2D eigenvalue weighted by molar-refractivity contribution is -0.133. The van der Waals surface area contributed by atoms with Crippen LogP contribution >= 0.6 is 0 Å². The number of nitrogens with one attached hydrogen (secondary N) is 2. The van der Waals surface area contributed by atoms with Crippen LogP contribution in [-0.2, 0) is 10.3 Å². The molecule has 0 spiro atoms. The van der Waals surface area contributed by atoms with Crippen molar-refractivity contribution in [2.45, 2.75) is 38.6 Å². The minimum atomic E-state index is -1.23. The number of benzene rings is 1. The van der Waals surface area contributed by atoms with Crippen LogP contribution in [0.25, 0.3) is 11.1 Å². The normalized spacial score (nSPS) is 18.9. The lowest BCUT2D eigenvalue weighted by atomic mass is 9.87. The Kier molecular flexibility index (Phi) is 4.73. The molecule has 1 aliphatic rings. The molecule has 1 fully saturated rings. The molecule has 2 N–H and O–H groups in total. The van der Waals surface area contributed by atoms with E-state index in [9.17, 15) is 14.4 Å². The summed E-state index contributed by atoms with van der Waals surface area (Å²) in [6.07, 6.45) is 1.65. The fraction of sp³-hybridized carbons (Fsp3) is 0.286. The molecule has 0 bridgehead atoms. The van der Waals surface area contributed by atoms with E-state index in [1.807, 2.05) is 19.9 Å². The maximum atomic E-state index is 13.1. The van der Waals surface area contributed by atoms with E-state index in [1.165, 1.54) is 6.20 Å². The molecular weight excluding hydrogens is 386 g/mol. The minimum Gasteiger partial charge on any atom is -0.336 e. The number of rotatable bonds is 5. The van der Waals surface area contributed by atoms with Gasteiger partial charge in [0.25, 0.3) is 17.5 Å². The number of hydrogen-bond acceptors (Lipinski definition) is 6.